The van der Waals surface area contributed by atoms with Gasteiger partial charge in [-0.3, -0.25) is 0 Å². The minimum absolute atomic E-state index is 0.286. The second kappa shape index (κ2) is 5.65. The van der Waals surface area contributed by atoms with Gasteiger partial charge in [-0.25, -0.2) is 4.79 Å². The zero-order chi connectivity index (χ0) is 13.0. The van der Waals surface area contributed by atoms with Gasteiger partial charge >= 0.3 is 5.97 Å². The molecular formula is C15H11BrO2. The van der Waals surface area contributed by atoms with Crippen molar-refractivity contribution in [2.45, 2.75) is 0 Å². The predicted octanol–water partition coefficient (Wildman–Crippen LogP) is 4.07. The van der Waals surface area contributed by atoms with Gasteiger partial charge in [0.05, 0.1) is 5.57 Å². The number of rotatable bonds is 3. The number of benzene rings is 2. The smallest absolute Gasteiger partial charge is 0.336 e. The molecule has 0 aliphatic carbocycles. The summed E-state index contributed by atoms with van der Waals surface area (Å²) >= 11 is 3.33. The van der Waals surface area contributed by atoms with Gasteiger partial charge in [0.15, 0.2) is 0 Å². The molecule has 2 aromatic rings. The monoisotopic (exact) mass is 302 g/mol. The molecular weight excluding hydrogens is 292 g/mol. The van der Waals surface area contributed by atoms with Gasteiger partial charge in [0.1, 0.15) is 0 Å². The molecule has 0 radical (unpaired) electrons. The third-order valence-corrected chi connectivity index (χ3v) is 3.02. The van der Waals surface area contributed by atoms with E-state index in [1.807, 2.05) is 42.5 Å². The Labute approximate surface area is 114 Å². The second-order valence-corrected chi connectivity index (χ2v) is 4.70. The van der Waals surface area contributed by atoms with Gasteiger partial charge in [-0.05, 0) is 29.3 Å². The van der Waals surface area contributed by atoms with Crippen molar-refractivity contribution < 1.29 is 9.90 Å². The van der Waals surface area contributed by atoms with E-state index in [1.165, 1.54) is 0 Å². The minimum Gasteiger partial charge on any atom is -0.478 e. The van der Waals surface area contributed by atoms with Crippen LogP contribution in [0.25, 0.3) is 11.6 Å². The maximum atomic E-state index is 11.3. The number of carboxylic acids is 1. The highest BCUT2D eigenvalue weighted by atomic mass is 79.9. The quantitative estimate of drug-likeness (QED) is 0.685. The summed E-state index contributed by atoms with van der Waals surface area (Å²) in [6.45, 7) is 0. The first-order valence-electron chi connectivity index (χ1n) is 5.43. The summed E-state index contributed by atoms with van der Waals surface area (Å²) in [7, 11) is 0. The van der Waals surface area contributed by atoms with Crippen LogP contribution in [-0.2, 0) is 4.79 Å². The Morgan fingerprint density at radius 3 is 2.17 bits per heavy atom. The third-order valence-electron chi connectivity index (χ3n) is 2.50. The van der Waals surface area contributed by atoms with E-state index < -0.39 is 5.97 Å². The fraction of sp³-hybridized carbons (Fsp3) is 0. The van der Waals surface area contributed by atoms with E-state index in [2.05, 4.69) is 15.9 Å². The van der Waals surface area contributed by atoms with Crippen LogP contribution in [0, 0.1) is 0 Å². The largest absolute Gasteiger partial charge is 0.478 e. The Bertz CT molecular complexity index is 571. The molecule has 90 valence electrons. The van der Waals surface area contributed by atoms with Crippen LogP contribution in [0.2, 0.25) is 0 Å². The van der Waals surface area contributed by atoms with Crippen LogP contribution in [0.1, 0.15) is 11.1 Å². The van der Waals surface area contributed by atoms with E-state index in [0.29, 0.717) is 5.56 Å². The van der Waals surface area contributed by atoms with Crippen LogP contribution >= 0.6 is 15.9 Å². The van der Waals surface area contributed by atoms with Crippen LogP contribution in [0.3, 0.4) is 0 Å². The molecule has 2 aromatic carbocycles. The number of hydrogen-bond donors (Lipinski definition) is 1. The number of carboxylic acid groups (broad SMARTS) is 1. The van der Waals surface area contributed by atoms with Gasteiger partial charge in [0.2, 0.25) is 0 Å². The normalized spacial score (nSPS) is 11.3. The number of halogens is 1. The molecule has 0 unspecified atom stereocenters. The van der Waals surface area contributed by atoms with Crippen molar-refractivity contribution in [3.8, 4) is 0 Å². The van der Waals surface area contributed by atoms with E-state index in [-0.39, 0.29) is 5.57 Å². The van der Waals surface area contributed by atoms with E-state index in [0.717, 1.165) is 10.0 Å². The highest BCUT2D eigenvalue weighted by Gasteiger charge is 2.09. The molecule has 0 bridgehead atoms. The molecule has 0 aromatic heterocycles. The molecule has 0 aliphatic heterocycles. The lowest BCUT2D eigenvalue weighted by atomic mass is 10.0. The summed E-state index contributed by atoms with van der Waals surface area (Å²) in [6, 6.07) is 16.6. The maximum Gasteiger partial charge on any atom is 0.336 e. The zero-order valence-electron chi connectivity index (χ0n) is 9.51. The van der Waals surface area contributed by atoms with E-state index >= 15 is 0 Å². The van der Waals surface area contributed by atoms with Gasteiger partial charge in [-0.1, -0.05) is 58.4 Å². The molecule has 0 spiro atoms. The van der Waals surface area contributed by atoms with E-state index in [9.17, 15) is 9.90 Å². The summed E-state index contributed by atoms with van der Waals surface area (Å²) in [5.74, 6) is -0.929. The van der Waals surface area contributed by atoms with Crippen molar-refractivity contribution in [2.24, 2.45) is 0 Å². The average molecular weight is 303 g/mol. The van der Waals surface area contributed by atoms with Gasteiger partial charge in [0.25, 0.3) is 0 Å². The van der Waals surface area contributed by atoms with Crippen LogP contribution < -0.4 is 0 Å². The fourth-order valence-electron chi connectivity index (χ4n) is 1.61. The molecule has 0 atom stereocenters. The van der Waals surface area contributed by atoms with Crippen LogP contribution in [0.15, 0.2) is 59.1 Å². The summed E-state index contributed by atoms with van der Waals surface area (Å²) in [5.41, 5.74) is 1.85. The topological polar surface area (TPSA) is 37.3 Å². The lowest BCUT2D eigenvalue weighted by molar-refractivity contribution is -0.130. The summed E-state index contributed by atoms with van der Waals surface area (Å²) < 4.78 is 0.927. The molecule has 0 heterocycles. The Hall–Kier alpha value is -1.87. The first-order chi connectivity index (χ1) is 8.66. The third kappa shape index (κ3) is 3.08. The van der Waals surface area contributed by atoms with Crippen molar-refractivity contribution in [2.75, 3.05) is 0 Å². The molecule has 2 nitrogen and oxygen atoms in total. The van der Waals surface area contributed by atoms with E-state index in [4.69, 9.17) is 0 Å². The lowest BCUT2D eigenvalue weighted by Gasteiger charge is -2.03. The fourth-order valence-corrected chi connectivity index (χ4v) is 1.88. The van der Waals surface area contributed by atoms with Gasteiger partial charge in [0, 0.05) is 4.47 Å². The van der Waals surface area contributed by atoms with E-state index in [1.54, 1.807) is 18.2 Å². The highest BCUT2D eigenvalue weighted by molar-refractivity contribution is 9.10. The molecule has 1 N–H and O–H groups in total. The first-order valence-corrected chi connectivity index (χ1v) is 6.22. The zero-order valence-corrected chi connectivity index (χ0v) is 11.1. The average Bonchev–Trinajstić information content (AvgIpc) is 2.38. The summed E-state index contributed by atoms with van der Waals surface area (Å²) in [6.07, 6.45) is 1.67. The molecule has 3 heteroatoms. The molecule has 0 amide bonds. The minimum atomic E-state index is -0.929. The predicted molar refractivity (Wildman–Crippen MR) is 76.1 cm³/mol. The lowest BCUT2D eigenvalue weighted by Crippen LogP contribution is -1.99. The second-order valence-electron chi connectivity index (χ2n) is 3.78. The van der Waals surface area contributed by atoms with Crippen molar-refractivity contribution in [3.63, 3.8) is 0 Å². The Morgan fingerprint density at radius 1 is 1.00 bits per heavy atom. The molecule has 2 rings (SSSR count). The highest BCUT2D eigenvalue weighted by Crippen LogP contribution is 2.20. The molecule has 0 saturated heterocycles. The number of carbonyl (C=O) groups is 1. The Morgan fingerprint density at radius 2 is 1.61 bits per heavy atom. The van der Waals surface area contributed by atoms with Crippen LogP contribution in [0.5, 0.6) is 0 Å². The van der Waals surface area contributed by atoms with Gasteiger partial charge < -0.3 is 5.11 Å². The van der Waals surface area contributed by atoms with Crippen molar-refractivity contribution in [1.29, 1.82) is 0 Å². The van der Waals surface area contributed by atoms with Gasteiger partial charge in [-0.15, -0.1) is 0 Å². The molecule has 0 saturated carbocycles. The van der Waals surface area contributed by atoms with Gasteiger partial charge in [-0.2, -0.15) is 0 Å². The molecule has 0 fully saturated rings. The van der Waals surface area contributed by atoms with Crippen LogP contribution in [0.4, 0.5) is 0 Å². The molecule has 18 heavy (non-hydrogen) atoms. The summed E-state index contributed by atoms with van der Waals surface area (Å²) in [5, 5.41) is 9.28. The first kappa shape index (κ1) is 12.6. The van der Waals surface area contributed by atoms with Crippen LogP contribution in [-0.4, -0.2) is 11.1 Å². The SMILES string of the molecule is O=C(O)C(=Cc1ccccc1)c1ccc(Br)cc1. The maximum absolute atomic E-state index is 11.3. The number of hydrogen-bond acceptors (Lipinski definition) is 1. The number of aliphatic carboxylic acids is 1. The van der Waals surface area contributed by atoms with Crippen molar-refractivity contribution in [3.05, 3.63) is 70.2 Å². The molecule has 0 aliphatic rings. The standard InChI is InChI=1S/C15H11BrO2/c16-13-8-6-12(7-9-13)14(15(17)18)10-11-4-2-1-3-5-11/h1-10H,(H,17,18). The van der Waals surface area contributed by atoms with Crippen molar-refractivity contribution >= 4 is 33.5 Å². The Kier molecular flexibility index (Phi) is 3.95. The summed E-state index contributed by atoms with van der Waals surface area (Å²) in [4.78, 5) is 11.3. The van der Waals surface area contributed by atoms with Crippen molar-refractivity contribution in [1.82, 2.24) is 0 Å². The Balaban J connectivity index is 2.44.